The Labute approximate surface area is 127 Å². The second kappa shape index (κ2) is 9.40. The molecule has 4 nitrogen and oxygen atoms in total. The number of carboxylic acid groups (broad SMARTS) is 1. The molecule has 21 heavy (non-hydrogen) atoms. The number of hydrogen-bond donors (Lipinski definition) is 1. The van der Waals surface area contributed by atoms with Crippen molar-refractivity contribution < 1.29 is 14.6 Å². The molecule has 1 unspecified atom stereocenters. The lowest BCUT2D eigenvalue weighted by Crippen LogP contribution is -2.35. The van der Waals surface area contributed by atoms with Gasteiger partial charge < -0.3 is 9.84 Å². The van der Waals surface area contributed by atoms with Gasteiger partial charge >= 0.3 is 5.97 Å². The van der Waals surface area contributed by atoms with E-state index in [1.165, 1.54) is 5.56 Å². The topological polar surface area (TPSA) is 49.8 Å². The third-order valence-corrected chi connectivity index (χ3v) is 3.45. The van der Waals surface area contributed by atoms with Crippen molar-refractivity contribution >= 4 is 5.97 Å². The highest BCUT2D eigenvalue weighted by atomic mass is 16.5. The number of unbranched alkanes of at least 4 members (excludes halogenated alkanes) is 1. The molecule has 118 valence electrons. The summed E-state index contributed by atoms with van der Waals surface area (Å²) in [6.45, 7) is 8.77. The number of rotatable bonds is 10. The minimum atomic E-state index is -0.740. The molecule has 0 aliphatic heterocycles. The van der Waals surface area contributed by atoms with Crippen LogP contribution in [0.5, 0.6) is 5.75 Å². The highest BCUT2D eigenvalue weighted by Gasteiger charge is 2.15. The molecule has 0 fully saturated rings. The van der Waals surface area contributed by atoms with Crippen molar-refractivity contribution in [3.63, 3.8) is 0 Å². The van der Waals surface area contributed by atoms with Crippen LogP contribution in [0.1, 0.15) is 32.3 Å². The number of benzene rings is 1. The van der Waals surface area contributed by atoms with Gasteiger partial charge in [0.15, 0.2) is 0 Å². The molecule has 0 radical (unpaired) electrons. The maximum atomic E-state index is 11.0. The van der Waals surface area contributed by atoms with E-state index in [2.05, 4.69) is 11.8 Å². The third kappa shape index (κ3) is 7.14. The molecule has 0 aliphatic carbocycles. The van der Waals surface area contributed by atoms with Crippen molar-refractivity contribution in [1.29, 1.82) is 0 Å². The molecule has 0 bridgehead atoms. The first-order chi connectivity index (χ1) is 10.0. The van der Waals surface area contributed by atoms with Crippen molar-refractivity contribution in [2.75, 3.05) is 26.2 Å². The molecule has 0 saturated carbocycles. The van der Waals surface area contributed by atoms with Crippen LogP contribution >= 0.6 is 0 Å². The lowest BCUT2D eigenvalue weighted by molar-refractivity contribution is -0.141. The molecule has 4 heteroatoms. The van der Waals surface area contributed by atoms with Crippen LogP contribution in [0.3, 0.4) is 0 Å². The average molecular weight is 293 g/mol. The van der Waals surface area contributed by atoms with Crippen LogP contribution in [0.25, 0.3) is 0 Å². The summed E-state index contributed by atoms with van der Waals surface area (Å²) in [5.41, 5.74) is 1.18. The number of hydrogen-bond acceptors (Lipinski definition) is 3. The van der Waals surface area contributed by atoms with Crippen LogP contribution in [0, 0.1) is 12.8 Å². The second-order valence-electron chi connectivity index (χ2n) is 5.56. The third-order valence-electron chi connectivity index (χ3n) is 3.45. The lowest BCUT2D eigenvalue weighted by Gasteiger charge is -2.24. The zero-order chi connectivity index (χ0) is 15.7. The maximum absolute atomic E-state index is 11.0. The minimum absolute atomic E-state index is 0.346. The number of aliphatic carboxylic acids is 1. The van der Waals surface area contributed by atoms with Gasteiger partial charge in [0.25, 0.3) is 0 Å². The number of nitrogens with zero attached hydrogens (tertiary/aromatic N) is 1. The molecule has 0 aromatic heterocycles. The first-order valence-corrected chi connectivity index (χ1v) is 7.67. The van der Waals surface area contributed by atoms with E-state index in [4.69, 9.17) is 9.84 Å². The summed E-state index contributed by atoms with van der Waals surface area (Å²) in [6.07, 6.45) is 2.19. The van der Waals surface area contributed by atoms with Gasteiger partial charge in [-0.2, -0.15) is 0 Å². The highest BCUT2D eigenvalue weighted by Crippen LogP contribution is 2.12. The Balaban J connectivity index is 2.42. The standard InChI is InChI=1S/C17H27NO3/c1-4-5-9-18(13-15(3)17(19)20)10-11-21-16-8-6-7-14(2)12-16/h6-8,12,15H,4-5,9-11,13H2,1-3H3,(H,19,20). The number of carbonyl (C=O) groups is 1. The molecule has 1 aromatic carbocycles. The van der Waals surface area contributed by atoms with Gasteiger partial charge in [0.1, 0.15) is 12.4 Å². The number of ether oxygens (including phenoxy) is 1. The number of aryl methyl sites for hydroxylation is 1. The fourth-order valence-corrected chi connectivity index (χ4v) is 2.14. The van der Waals surface area contributed by atoms with E-state index in [1.807, 2.05) is 31.2 Å². The van der Waals surface area contributed by atoms with Crippen LogP contribution in [-0.4, -0.2) is 42.2 Å². The van der Waals surface area contributed by atoms with Crippen molar-refractivity contribution in [1.82, 2.24) is 4.90 Å². The first-order valence-electron chi connectivity index (χ1n) is 7.67. The Bertz CT molecular complexity index is 434. The Kier molecular flexibility index (Phi) is 7.83. The molecule has 0 heterocycles. The molecule has 1 rings (SSSR count). The van der Waals surface area contributed by atoms with E-state index in [1.54, 1.807) is 6.92 Å². The van der Waals surface area contributed by atoms with E-state index in [0.29, 0.717) is 13.2 Å². The summed E-state index contributed by atoms with van der Waals surface area (Å²) >= 11 is 0. The molecule has 0 saturated heterocycles. The highest BCUT2D eigenvalue weighted by molar-refractivity contribution is 5.69. The van der Waals surface area contributed by atoms with Crippen LogP contribution in [0.2, 0.25) is 0 Å². The van der Waals surface area contributed by atoms with E-state index in [-0.39, 0.29) is 5.92 Å². The SMILES string of the molecule is CCCCN(CCOc1cccc(C)c1)CC(C)C(=O)O. The molecule has 1 aromatic rings. The van der Waals surface area contributed by atoms with Gasteiger partial charge in [0.05, 0.1) is 5.92 Å². The molecule has 1 atom stereocenters. The Hall–Kier alpha value is -1.55. The van der Waals surface area contributed by atoms with Gasteiger partial charge in [-0.3, -0.25) is 9.69 Å². The maximum Gasteiger partial charge on any atom is 0.307 e. The summed E-state index contributed by atoms with van der Waals surface area (Å²) in [5, 5.41) is 9.03. The van der Waals surface area contributed by atoms with Gasteiger partial charge in [-0.15, -0.1) is 0 Å². The fraction of sp³-hybridized carbons (Fsp3) is 0.588. The molecular weight excluding hydrogens is 266 g/mol. The lowest BCUT2D eigenvalue weighted by atomic mass is 10.1. The monoisotopic (exact) mass is 293 g/mol. The van der Waals surface area contributed by atoms with Crippen LogP contribution < -0.4 is 4.74 Å². The largest absolute Gasteiger partial charge is 0.492 e. The molecule has 0 amide bonds. The van der Waals surface area contributed by atoms with Gasteiger partial charge in [-0.25, -0.2) is 0 Å². The van der Waals surface area contributed by atoms with Crippen LogP contribution in [0.15, 0.2) is 24.3 Å². The quantitative estimate of drug-likeness (QED) is 0.720. The predicted molar refractivity (Wildman–Crippen MR) is 84.8 cm³/mol. The van der Waals surface area contributed by atoms with E-state index < -0.39 is 5.97 Å². The van der Waals surface area contributed by atoms with Crippen LogP contribution in [0.4, 0.5) is 0 Å². The smallest absolute Gasteiger partial charge is 0.307 e. The summed E-state index contributed by atoms with van der Waals surface area (Å²) in [5.74, 6) is -0.214. The summed E-state index contributed by atoms with van der Waals surface area (Å²) in [4.78, 5) is 13.2. The summed E-state index contributed by atoms with van der Waals surface area (Å²) in [7, 11) is 0. The van der Waals surface area contributed by atoms with Crippen molar-refractivity contribution in [3.05, 3.63) is 29.8 Å². The van der Waals surface area contributed by atoms with E-state index in [0.717, 1.165) is 31.7 Å². The number of carboxylic acids is 1. The van der Waals surface area contributed by atoms with Crippen molar-refractivity contribution in [3.8, 4) is 5.75 Å². The first kappa shape index (κ1) is 17.5. The zero-order valence-electron chi connectivity index (χ0n) is 13.3. The predicted octanol–water partition coefficient (Wildman–Crippen LogP) is 3.20. The van der Waals surface area contributed by atoms with Crippen LogP contribution in [-0.2, 0) is 4.79 Å². The normalized spacial score (nSPS) is 12.4. The molecule has 0 spiro atoms. The van der Waals surface area contributed by atoms with Crippen molar-refractivity contribution in [2.45, 2.75) is 33.6 Å². The molecule has 0 aliphatic rings. The van der Waals surface area contributed by atoms with Crippen molar-refractivity contribution in [2.24, 2.45) is 5.92 Å². The Morgan fingerprint density at radius 2 is 2.14 bits per heavy atom. The molecular formula is C17H27NO3. The minimum Gasteiger partial charge on any atom is -0.492 e. The van der Waals surface area contributed by atoms with E-state index in [9.17, 15) is 4.79 Å². The van der Waals surface area contributed by atoms with Gasteiger partial charge in [-0.05, 0) is 37.6 Å². The summed E-state index contributed by atoms with van der Waals surface area (Å²) in [6, 6.07) is 7.97. The van der Waals surface area contributed by atoms with Gasteiger partial charge in [-0.1, -0.05) is 32.4 Å². The molecule has 1 N–H and O–H groups in total. The fourth-order valence-electron chi connectivity index (χ4n) is 2.14. The van der Waals surface area contributed by atoms with E-state index >= 15 is 0 Å². The zero-order valence-corrected chi connectivity index (χ0v) is 13.3. The Morgan fingerprint density at radius 1 is 1.38 bits per heavy atom. The van der Waals surface area contributed by atoms with Gasteiger partial charge in [0.2, 0.25) is 0 Å². The average Bonchev–Trinajstić information content (AvgIpc) is 2.44. The van der Waals surface area contributed by atoms with Gasteiger partial charge in [0, 0.05) is 13.1 Å². The summed E-state index contributed by atoms with van der Waals surface area (Å²) < 4.78 is 5.75. The second-order valence-corrected chi connectivity index (χ2v) is 5.56. The Morgan fingerprint density at radius 3 is 2.76 bits per heavy atom.